The maximum absolute atomic E-state index is 10.9. The van der Waals surface area contributed by atoms with Gasteiger partial charge in [0.25, 0.3) is 0 Å². The van der Waals surface area contributed by atoms with Crippen molar-refractivity contribution >= 4 is 0 Å². The Balaban J connectivity index is 2.16. The van der Waals surface area contributed by atoms with Crippen molar-refractivity contribution < 1.29 is 9.84 Å². The number of hydrogen-bond donors (Lipinski definition) is 1. The molecule has 1 N–H and O–H groups in total. The topological polar surface area (TPSA) is 42.4 Å². The molecule has 0 saturated carbocycles. The van der Waals surface area contributed by atoms with Gasteiger partial charge in [-0.1, -0.05) is 30.3 Å². The van der Waals surface area contributed by atoms with Crippen LogP contribution in [-0.4, -0.2) is 16.7 Å². The van der Waals surface area contributed by atoms with Gasteiger partial charge in [-0.25, -0.2) is 0 Å². The van der Waals surface area contributed by atoms with Crippen molar-refractivity contribution in [3.8, 4) is 5.75 Å². The average molecular weight is 227 g/mol. The maximum atomic E-state index is 10.9. The summed E-state index contributed by atoms with van der Waals surface area (Å²) in [6.07, 6.45) is 2.21. The lowest BCUT2D eigenvalue weighted by atomic mass is 9.85. The van der Waals surface area contributed by atoms with E-state index >= 15 is 0 Å². The molecule has 0 fully saturated rings. The monoisotopic (exact) mass is 227 g/mol. The van der Waals surface area contributed by atoms with E-state index in [1.165, 1.54) is 0 Å². The SMILES string of the molecule is OC1(c2ccccc2)CCOc2cccnc21. The third-order valence-corrected chi connectivity index (χ3v) is 3.14. The van der Waals surface area contributed by atoms with E-state index in [0.717, 1.165) is 5.56 Å². The second-order valence-corrected chi connectivity index (χ2v) is 4.17. The molecular weight excluding hydrogens is 214 g/mol. The van der Waals surface area contributed by atoms with Crippen LogP contribution in [0, 0.1) is 0 Å². The summed E-state index contributed by atoms with van der Waals surface area (Å²) in [5.74, 6) is 0.671. The van der Waals surface area contributed by atoms with Gasteiger partial charge in [0, 0.05) is 12.6 Å². The standard InChI is InChI=1S/C14H13NO2/c16-14(11-5-2-1-3-6-11)8-10-17-12-7-4-9-15-13(12)14/h1-7,9,16H,8,10H2. The van der Waals surface area contributed by atoms with Gasteiger partial charge in [0.05, 0.1) is 6.61 Å². The molecule has 0 spiro atoms. The Hall–Kier alpha value is -1.87. The van der Waals surface area contributed by atoms with Crippen LogP contribution in [0.1, 0.15) is 17.7 Å². The molecule has 0 amide bonds. The summed E-state index contributed by atoms with van der Waals surface area (Å²) in [6, 6.07) is 13.3. The van der Waals surface area contributed by atoms with Crippen molar-refractivity contribution in [3.05, 3.63) is 59.9 Å². The van der Waals surface area contributed by atoms with E-state index in [9.17, 15) is 5.11 Å². The molecule has 1 aliphatic heterocycles. The smallest absolute Gasteiger partial charge is 0.144 e. The van der Waals surface area contributed by atoms with Crippen molar-refractivity contribution in [1.29, 1.82) is 0 Å². The average Bonchev–Trinajstić information content (AvgIpc) is 2.40. The molecule has 2 aromatic rings. The van der Waals surface area contributed by atoms with Gasteiger partial charge in [-0.15, -0.1) is 0 Å². The van der Waals surface area contributed by atoms with Crippen LogP contribution < -0.4 is 4.74 Å². The third-order valence-electron chi connectivity index (χ3n) is 3.14. The van der Waals surface area contributed by atoms with Crippen molar-refractivity contribution in [2.24, 2.45) is 0 Å². The molecule has 1 unspecified atom stereocenters. The largest absolute Gasteiger partial charge is 0.491 e. The molecule has 0 radical (unpaired) electrons. The Kier molecular flexibility index (Phi) is 2.34. The number of rotatable bonds is 1. The summed E-state index contributed by atoms with van der Waals surface area (Å²) < 4.78 is 5.52. The summed E-state index contributed by atoms with van der Waals surface area (Å²) in [6.45, 7) is 0.504. The highest BCUT2D eigenvalue weighted by Crippen LogP contribution is 2.39. The molecule has 86 valence electrons. The number of aromatic nitrogens is 1. The fourth-order valence-corrected chi connectivity index (χ4v) is 2.24. The zero-order chi connectivity index (χ0) is 11.7. The summed E-state index contributed by atoms with van der Waals surface area (Å²) in [4.78, 5) is 4.27. The number of fused-ring (bicyclic) bond motifs is 1. The maximum Gasteiger partial charge on any atom is 0.144 e. The van der Waals surface area contributed by atoms with Crippen LogP contribution in [-0.2, 0) is 5.60 Å². The Labute approximate surface area is 99.7 Å². The fraction of sp³-hybridized carbons (Fsp3) is 0.214. The number of nitrogens with zero attached hydrogens (tertiary/aromatic N) is 1. The van der Waals surface area contributed by atoms with E-state index in [1.807, 2.05) is 42.5 Å². The van der Waals surface area contributed by atoms with E-state index in [2.05, 4.69) is 4.98 Å². The normalized spacial score (nSPS) is 22.6. The Morgan fingerprint density at radius 2 is 1.94 bits per heavy atom. The van der Waals surface area contributed by atoms with Crippen LogP contribution in [0.3, 0.4) is 0 Å². The molecule has 3 heteroatoms. The van der Waals surface area contributed by atoms with E-state index in [1.54, 1.807) is 6.20 Å². The van der Waals surface area contributed by atoms with Crippen LogP contribution in [0.5, 0.6) is 5.75 Å². The Bertz CT molecular complexity index is 527. The highest BCUT2D eigenvalue weighted by Gasteiger charge is 2.38. The van der Waals surface area contributed by atoms with Crippen LogP contribution in [0.2, 0.25) is 0 Å². The van der Waals surface area contributed by atoms with Crippen molar-refractivity contribution in [3.63, 3.8) is 0 Å². The Morgan fingerprint density at radius 1 is 1.12 bits per heavy atom. The molecular formula is C14H13NO2. The van der Waals surface area contributed by atoms with Crippen molar-refractivity contribution in [2.75, 3.05) is 6.61 Å². The summed E-state index contributed by atoms with van der Waals surface area (Å²) in [5, 5.41) is 10.9. The summed E-state index contributed by atoms with van der Waals surface area (Å²) in [7, 11) is 0. The third kappa shape index (κ3) is 1.59. The van der Waals surface area contributed by atoms with Crippen LogP contribution >= 0.6 is 0 Å². The summed E-state index contributed by atoms with van der Waals surface area (Å²) >= 11 is 0. The number of ether oxygens (including phenoxy) is 1. The number of hydrogen-bond acceptors (Lipinski definition) is 3. The highest BCUT2D eigenvalue weighted by molar-refractivity contribution is 5.41. The van der Waals surface area contributed by atoms with Gasteiger partial charge in [-0.2, -0.15) is 0 Å². The number of pyridine rings is 1. The molecule has 0 saturated heterocycles. The minimum Gasteiger partial charge on any atom is -0.491 e. The number of aliphatic hydroxyl groups is 1. The van der Waals surface area contributed by atoms with E-state index in [4.69, 9.17) is 4.74 Å². The second-order valence-electron chi connectivity index (χ2n) is 4.17. The molecule has 3 nitrogen and oxygen atoms in total. The highest BCUT2D eigenvalue weighted by atomic mass is 16.5. The van der Waals surface area contributed by atoms with Gasteiger partial charge in [0.1, 0.15) is 17.0 Å². The minimum absolute atomic E-state index is 0.504. The molecule has 0 bridgehead atoms. The first-order chi connectivity index (χ1) is 8.31. The molecule has 1 atom stereocenters. The molecule has 2 heterocycles. The van der Waals surface area contributed by atoms with Gasteiger partial charge < -0.3 is 9.84 Å². The lowest BCUT2D eigenvalue weighted by molar-refractivity contribution is 0.0301. The van der Waals surface area contributed by atoms with Gasteiger partial charge in [0.2, 0.25) is 0 Å². The van der Waals surface area contributed by atoms with Crippen molar-refractivity contribution in [1.82, 2.24) is 4.98 Å². The first-order valence-electron chi connectivity index (χ1n) is 5.67. The van der Waals surface area contributed by atoms with E-state index < -0.39 is 5.60 Å². The van der Waals surface area contributed by atoms with Crippen LogP contribution in [0.25, 0.3) is 0 Å². The lowest BCUT2D eigenvalue weighted by Gasteiger charge is -2.33. The van der Waals surface area contributed by atoms with E-state index in [0.29, 0.717) is 24.5 Å². The molecule has 17 heavy (non-hydrogen) atoms. The predicted octanol–water partition coefficient (Wildman–Crippen LogP) is 2.10. The van der Waals surface area contributed by atoms with Gasteiger partial charge in [-0.3, -0.25) is 4.98 Å². The quantitative estimate of drug-likeness (QED) is 0.811. The van der Waals surface area contributed by atoms with Crippen molar-refractivity contribution in [2.45, 2.75) is 12.0 Å². The zero-order valence-corrected chi connectivity index (χ0v) is 9.34. The molecule has 3 rings (SSSR count). The Morgan fingerprint density at radius 3 is 2.76 bits per heavy atom. The predicted molar refractivity (Wildman–Crippen MR) is 63.8 cm³/mol. The van der Waals surface area contributed by atoms with Gasteiger partial charge >= 0.3 is 0 Å². The van der Waals surface area contributed by atoms with Gasteiger partial charge in [-0.05, 0) is 17.7 Å². The first kappa shape index (κ1) is 10.3. The molecule has 1 aromatic heterocycles. The zero-order valence-electron chi connectivity index (χ0n) is 9.34. The van der Waals surface area contributed by atoms with Gasteiger partial charge in [0.15, 0.2) is 0 Å². The molecule has 1 aliphatic rings. The second kappa shape index (κ2) is 3.86. The minimum atomic E-state index is -1.03. The van der Waals surface area contributed by atoms with Crippen LogP contribution in [0.4, 0.5) is 0 Å². The fourth-order valence-electron chi connectivity index (χ4n) is 2.24. The molecule has 1 aromatic carbocycles. The lowest BCUT2D eigenvalue weighted by Crippen LogP contribution is -2.34. The molecule has 0 aliphatic carbocycles. The summed E-state index contributed by atoms with van der Waals surface area (Å²) in [5.41, 5.74) is 0.441. The van der Waals surface area contributed by atoms with E-state index in [-0.39, 0.29) is 0 Å². The van der Waals surface area contributed by atoms with Crippen LogP contribution in [0.15, 0.2) is 48.7 Å². The first-order valence-corrected chi connectivity index (χ1v) is 5.67. The number of benzene rings is 1.